The van der Waals surface area contributed by atoms with Crippen LogP contribution in [0.2, 0.25) is 0 Å². The first kappa shape index (κ1) is 29.9. The zero-order valence-corrected chi connectivity index (χ0v) is 21.4. The van der Waals surface area contributed by atoms with Crippen LogP contribution in [0.1, 0.15) is 43.2 Å². The van der Waals surface area contributed by atoms with Gasteiger partial charge in [0.15, 0.2) is 28.6 Å². The number of furan rings is 1. The summed E-state index contributed by atoms with van der Waals surface area (Å²) in [6, 6.07) is 5.53. The maximum atomic E-state index is 12.5. The molecule has 3 rings (SSSR count). The topological polar surface area (TPSA) is 228 Å². The molecule has 2 unspecified atom stereocenters. The smallest absolute Gasteiger partial charge is 0.480 e. The summed E-state index contributed by atoms with van der Waals surface area (Å²) in [5.74, 6) is -3.04. The number of nitrogens with two attached hydrogens (primary N) is 2. The molecule has 0 bridgehead atoms. The van der Waals surface area contributed by atoms with Crippen LogP contribution in [0.4, 0.5) is 9.59 Å². The largest absolute Gasteiger partial charge is 0.513 e. The molecule has 0 saturated heterocycles. The number of Topliss-reactive ketones (excluding diaryl/α,β-unsaturated/α-hetero) is 1. The summed E-state index contributed by atoms with van der Waals surface area (Å²) in [5.41, 5.74) is 10.8. The Morgan fingerprint density at radius 2 is 1.27 bits per heavy atom. The summed E-state index contributed by atoms with van der Waals surface area (Å²) in [7, 11) is 0. The number of ketones is 1. The second-order valence-corrected chi connectivity index (χ2v) is 8.69. The summed E-state index contributed by atoms with van der Waals surface area (Å²) in [4.78, 5) is 58.7. The third-order valence-corrected chi connectivity index (χ3v) is 5.71. The molecule has 40 heavy (non-hydrogen) atoms. The molecule has 0 radical (unpaired) electrons. The number of carbonyl (C=O) groups excluding carboxylic acids is 3. The van der Waals surface area contributed by atoms with Crippen LogP contribution in [0.15, 0.2) is 34.7 Å². The minimum atomic E-state index is -1.18. The summed E-state index contributed by atoms with van der Waals surface area (Å²) in [5, 5.41) is 18.4. The Hall–Kier alpha value is -4.69. The van der Waals surface area contributed by atoms with E-state index < -0.39 is 42.1 Å². The van der Waals surface area contributed by atoms with Crippen LogP contribution in [0.25, 0.3) is 21.7 Å². The maximum absolute atomic E-state index is 12.5. The molecule has 0 amide bonds. The fraction of sp³-hybridized carbons (Fsp3) is 0.346. The van der Waals surface area contributed by atoms with E-state index in [2.05, 4.69) is 0 Å². The minimum Gasteiger partial charge on any atom is -0.480 e. The van der Waals surface area contributed by atoms with Crippen molar-refractivity contribution < 1.29 is 57.6 Å². The van der Waals surface area contributed by atoms with Gasteiger partial charge in [0, 0.05) is 17.7 Å². The van der Waals surface area contributed by atoms with Gasteiger partial charge in [-0.25, -0.2) is 9.59 Å². The molecule has 14 heteroatoms. The van der Waals surface area contributed by atoms with E-state index >= 15 is 0 Å². The lowest BCUT2D eigenvalue weighted by Crippen LogP contribution is -2.30. The van der Waals surface area contributed by atoms with Crippen molar-refractivity contribution in [2.75, 3.05) is 13.2 Å². The number of fused-ring (bicyclic) bond motifs is 2. The molecular formula is C26H28N2O12. The molecule has 0 spiro atoms. The van der Waals surface area contributed by atoms with Gasteiger partial charge in [0.1, 0.15) is 12.1 Å². The lowest BCUT2D eigenvalue weighted by Gasteiger charge is -2.14. The van der Waals surface area contributed by atoms with Crippen LogP contribution in [0.5, 0.6) is 11.5 Å². The first-order valence-electron chi connectivity index (χ1n) is 12.1. The predicted octanol–water partition coefficient (Wildman–Crippen LogP) is 3.20. The highest BCUT2D eigenvalue weighted by atomic mass is 16.7. The molecule has 0 aliphatic carbocycles. The molecule has 1 aromatic heterocycles. The average molecular weight is 561 g/mol. The Kier molecular flexibility index (Phi) is 10.00. The minimum absolute atomic E-state index is 0.0301. The number of carboxylic acid groups (broad SMARTS) is 2. The molecule has 0 saturated carbocycles. The number of aliphatic carboxylic acids is 2. The van der Waals surface area contributed by atoms with Crippen molar-refractivity contribution in [2.45, 2.75) is 44.7 Å². The predicted molar refractivity (Wildman–Crippen MR) is 137 cm³/mol. The van der Waals surface area contributed by atoms with Crippen molar-refractivity contribution >= 4 is 51.8 Å². The van der Waals surface area contributed by atoms with Gasteiger partial charge in [0.05, 0.1) is 18.6 Å². The number of carboxylic acids is 2. The number of ether oxygens (including phenoxy) is 4. The Balaban J connectivity index is 1.85. The Morgan fingerprint density at radius 1 is 0.800 bits per heavy atom. The highest BCUT2D eigenvalue weighted by Crippen LogP contribution is 2.44. The summed E-state index contributed by atoms with van der Waals surface area (Å²) in [6.07, 6.45) is -1.73. The molecule has 2 aromatic carbocycles. The number of carbonyl (C=O) groups is 5. The zero-order valence-electron chi connectivity index (χ0n) is 21.4. The summed E-state index contributed by atoms with van der Waals surface area (Å²) in [6.45, 7) is 0.933. The van der Waals surface area contributed by atoms with Crippen molar-refractivity contribution in [1.82, 2.24) is 0 Å². The molecule has 2 atom stereocenters. The van der Waals surface area contributed by atoms with Crippen LogP contribution < -0.4 is 20.9 Å². The third kappa shape index (κ3) is 7.45. The molecule has 14 nitrogen and oxygen atoms in total. The van der Waals surface area contributed by atoms with Gasteiger partial charge < -0.3 is 45.0 Å². The monoisotopic (exact) mass is 560 g/mol. The molecule has 0 aliphatic heterocycles. The maximum Gasteiger partial charge on any atom is 0.513 e. The lowest BCUT2D eigenvalue weighted by atomic mass is 10.1. The van der Waals surface area contributed by atoms with E-state index in [1.54, 1.807) is 24.3 Å². The molecule has 1 heterocycles. The van der Waals surface area contributed by atoms with Crippen LogP contribution in [-0.2, 0) is 19.1 Å². The molecular weight excluding hydrogens is 532 g/mol. The average Bonchev–Trinajstić information content (AvgIpc) is 3.36. The van der Waals surface area contributed by atoms with Gasteiger partial charge >= 0.3 is 24.2 Å². The standard InChI is InChI=1S/C26H28N2O12/c1-13(29)19-12-16-20(39-25(34)36-10-4-8-17(27)23(30)31)14-6-2-3-7-15(14)21(22(16)38-19)40-26(35)37-11-5-9-18(28)24(32)33/h2-3,6-7,12,17-18H,4-5,8-11,27-28H2,1H3,(H,30,31)(H,32,33). The summed E-state index contributed by atoms with van der Waals surface area (Å²) >= 11 is 0. The normalized spacial score (nSPS) is 12.5. The Bertz CT molecular complexity index is 1330. The van der Waals surface area contributed by atoms with E-state index in [-0.39, 0.29) is 72.5 Å². The van der Waals surface area contributed by atoms with E-state index in [0.29, 0.717) is 5.39 Å². The van der Waals surface area contributed by atoms with E-state index in [4.69, 9.17) is 45.0 Å². The molecule has 3 aromatic rings. The second-order valence-electron chi connectivity index (χ2n) is 8.69. The van der Waals surface area contributed by atoms with Gasteiger partial charge in [-0.2, -0.15) is 0 Å². The number of hydrogen-bond acceptors (Lipinski definition) is 12. The number of rotatable bonds is 13. The Labute approximate surface area is 226 Å². The van der Waals surface area contributed by atoms with Crippen LogP contribution in [0.3, 0.4) is 0 Å². The summed E-state index contributed by atoms with van der Waals surface area (Å²) < 4.78 is 26.6. The van der Waals surface area contributed by atoms with Crippen molar-refractivity contribution in [1.29, 1.82) is 0 Å². The highest BCUT2D eigenvalue weighted by Gasteiger charge is 2.26. The molecule has 0 fully saturated rings. The highest BCUT2D eigenvalue weighted by molar-refractivity contribution is 6.12. The van der Waals surface area contributed by atoms with Gasteiger partial charge in [-0.1, -0.05) is 24.3 Å². The van der Waals surface area contributed by atoms with Crippen molar-refractivity contribution in [3.8, 4) is 11.5 Å². The van der Waals surface area contributed by atoms with Crippen LogP contribution in [-0.4, -0.2) is 65.5 Å². The van der Waals surface area contributed by atoms with Crippen LogP contribution in [0, 0.1) is 0 Å². The van der Waals surface area contributed by atoms with E-state index in [9.17, 15) is 24.0 Å². The zero-order chi connectivity index (χ0) is 29.4. The third-order valence-electron chi connectivity index (χ3n) is 5.71. The van der Waals surface area contributed by atoms with Crippen molar-refractivity contribution in [3.05, 3.63) is 36.1 Å². The molecule has 0 aliphatic rings. The van der Waals surface area contributed by atoms with E-state index in [0.717, 1.165) is 0 Å². The van der Waals surface area contributed by atoms with Gasteiger partial charge in [-0.15, -0.1) is 0 Å². The SMILES string of the molecule is CC(=O)c1cc2c(OC(=O)OCCCC(N)C(=O)O)c3ccccc3c(OC(=O)OCCCC(N)C(=O)O)c2o1. The Morgan fingerprint density at radius 3 is 1.75 bits per heavy atom. The number of hydrogen-bond donors (Lipinski definition) is 4. The van der Waals surface area contributed by atoms with Crippen LogP contribution >= 0.6 is 0 Å². The molecule has 214 valence electrons. The lowest BCUT2D eigenvalue weighted by molar-refractivity contribution is -0.139. The van der Waals surface area contributed by atoms with E-state index in [1.807, 2.05) is 0 Å². The van der Waals surface area contributed by atoms with Gasteiger partial charge in [0.2, 0.25) is 0 Å². The van der Waals surface area contributed by atoms with Crippen molar-refractivity contribution in [2.24, 2.45) is 11.5 Å². The quantitative estimate of drug-likeness (QED) is 0.102. The van der Waals surface area contributed by atoms with E-state index in [1.165, 1.54) is 13.0 Å². The number of benzene rings is 2. The van der Waals surface area contributed by atoms with Gasteiger partial charge in [-0.05, 0) is 31.7 Å². The van der Waals surface area contributed by atoms with Gasteiger partial charge in [-0.3, -0.25) is 14.4 Å². The first-order valence-corrected chi connectivity index (χ1v) is 12.1. The van der Waals surface area contributed by atoms with Gasteiger partial charge in [0.25, 0.3) is 0 Å². The van der Waals surface area contributed by atoms with Crippen molar-refractivity contribution in [3.63, 3.8) is 0 Å². The fourth-order valence-electron chi connectivity index (χ4n) is 3.65. The fourth-order valence-corrected chi connectivity index (χ4v) is 3.65. The molecule has 6 N–H and O–H groups in total. The second kappa shape index (κ2) is 13.4. The first-order chi connectivity index (χ1) is 19.0.